The van der Waals surface area contributed by atoms with Crippen LogP contribution in [0.1, 0.15) is 22.7 Å². The van der Waals surface area contributed by atoms with Crippen LogP contribution in [-0.2, 0) is 19.4 Å². The van der Waals surface area contributed by atoms with Crippen molar-refractivity contribution in [1.82, 2.24) is 4.98 Å². The first-order chi connectivity index (χ1) is 18.6. The highest BCUT2D eigenvalue weighted by atomic mass is 32.2. The van der Waals surface area contributed by atoms with E-state index < -0.39 is 32.5 Å². The second-order valence-corrected chi connectivity index (χ2v) is 11.8. The number of amides is 1. The van der Waals surface area contributed by atoms with E-state index in [1.54, 1.807) is 54.6 Å². The van der Waals surface area contributed by atoms with Gasteiger partial charge in [0.2, 0.25) is 9.84 Å². The summed E-state index contributed by atoms with van der Waals surface area (Å²) >= 11 is 0.674. The Hall–Kier alpha value is -4.68. The fourth-order valence-corrected chi connectivity index (χ4v) is 6.74. The summed E-state index contributed by atoms with van der Waals surface area (Å²) in [4.78, 5) is 41.9. The largest absolute Gasteiger partial charge is 0.507 e. The van der Waals surface area contributed by atoms with Gasteiger partial charge in [0, 0.05) is 17.7 Å². The third-order valence-electron chi connectivity index (χ3n) is 6.19. The number of nitrogens with zero attached hydrogens (tertiary/aromatic N) is 3. The molecule has 1 aromatic heterocycles. The Bertz CT molecular complexity index is 1750. The fourth-order valence-electron chi connectivity index (χ4n) is 4.20. The van der Waals surface area contributed by atoms with Crippen molar-refractivity contribution >= 4 is 49.4 Å². The molecule has 3 aromatic carbocycles. The molecule has 0 radical (unpaired) electrons. The molecular formula is C27H19N3O7S2. The summed E-state index contributed by atoms with van der Waals surface area (Å²) in [7, 11) is -4.13. The summed E-state index contributed by atoms with van der Waals surface area (Å²) in [6.45, 7) is 1.87. The number of aromatic nitrogens is 1. The van der Waals surface area contributed by atoms with E-state index in [0.29, 0.717) is 22.5 Å². The van der Waals surface area contributed by atoms with Crippen molar-refractivity contribution in [2.75, 3.05) is 4.90 Å². The molecule has 39 heavy (non-hydrogen) atoms. The predicted octanol–water partition coefficient (Wildman–Crippen LogP) is 4.82. The number of benzene rings is 3. The van der Waals surface area contributed by atoms with Crippen molar-refractivity contribution in [1.29, 1.82) is 0 Å². The number of thiazole rings is 1. The minimum Gasteiger partial charge on any atom is -0.507 e. The molecule has 12 heteroatoms. The van der Waals surface area contributed by atoms with Crippen LogP contribution in [0, 0.1) is 17.0 Å². The van der Waals surface area contributed by atoms with E-state index in [1.165, 1.54) is 0 Å². The maximum Gasteiger partial charge on any atom is 0.301 e. The number of aliphatic hydroxyl groups excluding tert-OH is 1. The lowest BCUT2D eigenvalue weighted by molar-refractivity contribution is -0.384. The van der Waals surface area contributed by atoms with Gasteiger partial charge in [0.05, 0.1) is 27.6 Å². The van der Waals surface area contributed by atoms with Crippen molar-refractivity contribution < 1.29 is 28.0 Å². The Balaban J connectivity index is 1.61. The van der Waals surface area contributed by atoms with Gasteiger partial charge in [-0.25, -0.2) is 13.4 Å². The second kappa shape index (κ2) is 9.89. The average Bonchev–Trinajstić information content (AvgIpc) is 3.53. The van der Waals surface area contributed by atoms with Crippen LogP contribution < -0.4 is 4.90 Å². The molecular weight excluding hydrogens is 542 g/mol. The molecule has 4 aromatic rings. The molecule has 10 nitrogen and oxygen atoms in total. The first-order valence-electron chi connectivity index (χ1n) is 11.5. The van der Waals surface area contributed by atoms with E-state index in [1.807, 2.05) is 6.92 Å². The minimum absolute atomic E-state index is 0.0607. The van der Waals surface area contributed by atoms with E-state index in [9.17, 15) is 33.2 Å². The number of ketones is 1. The van der Waals surface area contributed by atoms with Crippen LogP contribution in [-0.4, -0.2) is 35.1 Å². The molecule has 1 N–H and O–H groups in total. The highest BCUT2D eigenvalue weighted by molar-refractivity contribution is 7.93. The second-order valence-electron chi connectivity index (χ2n) is 8.66. The molecule has 1 fully saturated rings. The number of rotatable bonds is 6. The van der Waals surface area contributed by atoms with E-state index in [2.05, 4.69) is 4.98 Å². The molecule has 2 heterocycles. The van der Waals surface area contributed by atoms with Gasteiger partial charge < -0.3 is 5.11 Å². The Morgan fingerprint density at radius 3 is 2.26 bits per heavy atom. The Labute approximate surface area is 226 Å². The van der Waals surface area contributed by atoms with E-state index in [4.69, 9.17) is 0 Å². The standard InChI is InChI=1S/C27H19N3O7S2/c1-16-7-9-18(10-8-16)24(31)22-23(17-5-3-2-4-6-17)29(26(33)25(22)32)27-28-15-21(38-27)39(36,37)20-13-11-19(12-14-20)30(34)35/h2-15,23,31H,1H3/b24-22+. The topological polar surface area (TPSA) is 148 Å². The van der Waals surface area contributed by atoms with Crippen LogP contribution in [0.15, 0.2) is 99.7 Å². The molecule has 196 valence electrons. The number of aliphatic hydroxyl groups is 1. The van der Waals surface area contributed by atoms with E-state index in [0.717, 1.165) is 40.9 Å². The monoisotopic (exact) mass is 561 g/mol. The number of nitro groups is 1. The van der Waals surface area contributed by atoms with Gasteiger partial charge in [-0.2, -0.15) is 0 Å². The van der Waals surface area contributed by atoms with Gasteiger partial charge in [-0.3, -0.25) is 24.6 Å². The smallest absolute Gasteiger partial charge is 0.301 e. The van der Waals surface area contributed by atoms with Gasteiger partial charge in [0.25, 0.3) is 11.5 Å². The molecule has 1 saturated heterocycles. The van der Waals surface area contributed by atoms with Gasteiger partial charge >= 0.3 is 5.91 Å². The fraction of sp³-hybridized carbons (Fsp3) is 0.0741. The van der Waals surface area contributed by atoms with Crippen molar-refractivity contribution in [2.45, 2.75) is 22.1 Å². The van der Waals surface area contributed by atoms with Crippen LogP contribution in [0.3, 0.4) is 0 Å². The van der Waals surface area contributed by atoms with Gasteiger partial charge in [0.15, 0.2) is 5.13 Å². The molecule has 0 aliphatic carbocycles. The summed E-state index contributed by atoms with van der Waals surface area (Å²) in [5.41, 5.74) is 1.39. The zero-order valence-corrected chi connectivity index (χ0v) is 21.8. The number of sulfone groups is 1. The molecule has 1 aliphatic rings. The van der Waals surface area contributed by atoms with Crippen molar-refractivity contribution in [3.63, 3.8) is 0 Å². The van der Waals surface area contributed by atoms with Gasteiger partial charge in [-0.1, -0.05) is 71.5 Å². The first kappa shape index (κ1) is 25.9. The van der Waals surface area contributed by atoms with E-state index in [-0.39, 0.29) is 31.3 Å². The number of Topliss-reactive ketones (excluding diaryl/α,β-unsaturated/α-hetero) is 1. The van der Waals surface area contributed by atoms with Crippen molar-refractivity contribution in [2.24, 2.45) is 0 Å². The minimum atomic E-state index is -4.13. The number of carbonyl (C=O) groups excluding carboxylic acids is 2. The number of hydrogen-bond acceptors (Lipinski definition) is 9. The number of nitro benzene ring substituents is 1. The lowest BCUT2D eigenvalue weighted by atomic mass is 9.95. The molecule has 5 rings (SSSR count). The lowest BCUT2D eigenvalue weighted by Gasteiger charge is -2.22. The van der Waals surface area contributed by atoms with Gasteiger partial charge in [0.1, 0.15) is 9.97 Å². The number of aryl methyl sites for hydroxylation is 1. The van der Waals surface area contributed by atoms with Crippen LogP contribution in [0.4, 0.5) is 10.8 Å². The summed E-state index contributed by atoms with van der Waals surface area (Å²) in [6, 6.07) is 18.7. The van der Waals surface area contributed by atoms with Gasteiger partial charge in [-0.15, -0.1) is 0 Å². The predicted molar refractivity (Wildman–Crippen MR) is 143 cm³/mol. The zero-order valence-electron chi connectivity index (χ0n) is 20.2. The van der Waals surface area contributed by atoms with Crippen molar-refractivity contribution in [3.05, 3.63) is 117 Å². The lowest BCUT2D eigenvalue weighted by Crippen LogP contribution is -2.29. The molecule has 0 bridgehead atoms. The molecule has 1 amide bonds. The molecule has 0 saturated carbocycles. The quantitative estimate of drug-likeness (QED) is 0.116. The summed E-state index contributed by atoms with van der Waals surface area (Å²) in [5.74, 6) is -2.26. The first-order valence-corrected chi connectivity index (χ1v) is 13.8. The normalized spacial score (nSPS) is 16.9. The SMILES string of the molecule is Cc1ccc(/C(O)=C2\C(=O)C(=O)N(c3ncc(S(=O)(=O)c4ccc([N+](=O)[O-])cc4)s3)C2c2ccccc2)cc1. The number of non-ortho nitro benzene ring substituents is 1. The maximum atomic E-state index is 13.3. The molecule has 1 atom stereocenters. The number of carbonyl (C=O) groups is 2. The third kappa shape index (κ3) is 4.60. The molecule has 0 spiro atoms. The Morgan fingerprint density at radius 2 is 1.64 bits per heavy atom. The third-order valence-corrected chi connectivity index (χ3v) is 9.41. The number of hydrogen-bond donors (Lipinski definition) is 1. The van der Waals surface area contributed by atoms with Gasteiger partial charge in [-0.05, 0) is 24.6 Å². The number of anilines is 1. The Morgan fingerprint density at radius 1 is 1.00 bits per heavy atom. The summed E-state index contributed by atoms with van der Waals surface area (Å²) in [5, 5.41) is 22.0. The summed E-state index contributed by atoms with van der Waals surface area (Å²) < 4.78 is 26.2. The van der Waals surface area contributed by atoms with Crippen LogP contribution in [0.5, 0.6) is 0 Å². The average molecular weight is 562 g/mol. The Kier molecular flexibility index (Phi) is 6.58. The highest BCUT2D eigenvalue weighted by Crippen LogP contribution is 2.44. The summed E-state index contributed by atoms with van der Waals surface area (Å²) in [6.07, 6.45) is 1.07. The van der Waals surface area contributed by atoms with Crippen LogP contribution in [0.2, 0.25) is 0 Å². The van der Waals surface area contributed by atoms with Crippen molar-refractivity contribution in [3.8, 4) is 0 Å². The van der Waals surface area contributed by atoms with Crippen LogP contribution >= 0.6 is 11.3 Å². The zero-order chi connectivity index (χ0) is 27.9. The van der Waals surface area contributed by atoms with Crippen LogP contribution in [0.25, 0.3) is 5.76 Å². The highest BCUT2D eigenvalue weighted by Gasteiger charge is 2.48. The molecule has 1 unspecified atom stereocenters. The molecule has 1 aliphatic heterocycles. The van der Waals surface area contributed by atoms with E-state index >= 15 is 0 Å². The maximum absolute atomic E-state index is 13.3.